The van der Waals surface area contributed by atoms with E-state index < -0.39 is 0 Å². The van der Waals surface area contributed by atoms with Gasteiger partial charge in [-0.05, 0) is 34.1 Å². The number of para-hydroxylation sites is 1. The van der Waals surface area contributed by atoms with Crippen molar-refractivity contribution in [2.45, 2.75) is 0 Å². The fraction of sp³-hybridized carbons (Fsp3) is 0. The fourth-order valence-corrected chi connectivity index (χ4v) is 2.30. The highest BCUT2D eigenvalue weighted by atomic mass is 79.9. The van der Waals surface area contributed by atoms with Crippen LogP contribution in [0.1, 0.15) is 0 Å². The monoisotopic (exact) mass is 333 g/mol. The van der Waals surface area contributed by atoms with E-state index in [0.29, 0.717) is 5.15 Å². The minimum atomic E-state index is 0.429. The third-order valence-electron chi connectivity index (χ3n) is 2.72. The highest BCUT2D eigenvalue weighted by Gasteiger charge is 2.05. The first kappa shape index (κ1) is 12.4. The lowest BCUT2D eigenvalue weighted by molar-refractivity contribution is 1.30. The molecule has 3 nitrogen and oxygen atoms in total. The number of rotatable bonds is 2. The molecule has 5 heteroatoms. The molecule has 2 heterocycles. The van der Waals surface area contributed by atoms with Gasteiger partial charge in [-0.3, -0.25) is 4.98 Å². The van der Waals surface area contributed by atoms with Crippen molar-refractivity contribution < 1.29 is 0 Å². The summed E-state index contributed by atoms with van der Waals surface area (Å²) in [6.07, 6.45) is 3.45. The summed E-state index contributed by atoms with van der Waals surface area (Å²) in [5, 5.41) is 4.79. The quantitative estimate of drug-likeness (QED) is 0.685. The maximum atomic E-state index is 5.96. The normalized spacial score (nSPS) is 10.6. The average Bonchev–Trinajstić information content (AvgIpc) is 2.44. The third-order valence-corrected chi connectivity index (χ3v) is 4.03. The zero-order valence-electron chi connectivity index (χ0n) is 9.77. The van der Waals surface area contributed by atoms with Gasteiger partial charge in [0, 0.05) is 11.6 Å². The van der Waals surface area contributed by atoms with Gasteiger partial charge in [0.1, 0.15) is 5.15 Å². The molecule has 0 aliphatic heterocycles. The van der Waals surface area contributed by atoms with E-state index >= 15 is 0 Å². The molecule has 94 valence electrons. The lowest BCUT2D eigenvalue weighted by atomic mass is 10.2. The number of pyridine rings is 2. The number of nitrogens with zero attached hydrogens (tertiary/aromatic N) is 2. The molecule has 0 saturated carbocycles. The lowest BCUT2D eigenvalue weighted by Gasteiger charge is -2.09. The van der Waals surface area contributed by atoms with Crippen LogP contribution in [-0.4, -0.2) is 9.97 Å². The Kier molecular flexibility index (Phi) is 3.36. The molecule has 0 saturated heterocycles. The standard InChI is InChI=1S/C14H9BrClN3/c15-13-12(5-6-17-14(13)16)19-10-7-9-3-1-2-4-11(9)18-8-10/h1-8H,(H,17,19). The highest BCUT2D eigenvalue weighted by molar-refractivity contribution is 9.10. The summed E-state index contributed by atoms with van der Waals surface area (Å²) in [4.78, 5) is 8.40. The Morgan fingerprint density at radius 2 is 1.95 bits per heavy atom. The number of fused-ring (bicyclic) bond motifs is 1. The Bertz CT molecular complexity index is 746. The molecule has 0 fully saturated rings. The molecular formula is C14H9BrClN3. The van der Waals surface area contributed by atoms with Gasteiger partial charge in [0.05, 0.1) is 27.6 Å². The van der Waals surface area contributed by atoms with Crippen LogP contribution in [-0.2, 0) is 0 Å². The minimum absolute atomic E-state index is 0.429. The van der Waals surface area contributed by atoms with Gasteiger partial charge in [-0.2, -0.15) is 0 Å². The van der Waals surface area contributed by atoms with Crippen molar-refractivity contribution in [2.75, 3.05) is 5.32 Å². The lowest BCUT2D eigenvalue weighted by Crippen LogP contribution is -1.93. The smallest absolute Gasteiger partial charge is 0.145 e. The molecule has 0 unspecified atom stereocenters. The Hall–Kier alpha value is -1.65. The second-order valence-electron chi connectivity index (χ2n) is 4.00. The van der Waals surface area contributed by atoms with Crippen molar-refractivity contribution >= 4 is 49.8 Å². The van der Waals surface area contributed by atoms with E-state index in [1.54, 1.807) is 12.4 Å². The van der Waals surface area contributed by atoms with E-state index in [1.165, 1.54) is 0 Å². The van der Waals surface area contributed by atoms with E-state index in [9.17, 15) is 0 Å². The Morgan fingerprint density at radius 3 is 2.84 bits per heavy atom. The van der Waals surface area contributed by atoms with Crippen LogP contribution in [0.5, 0.6) is 0 Å². The van der Waals surface area contributed by atoms with Crippen LogP contribution >= 0.6 is 27.5 Å². The Morgan fingerprint density at radius 1 is 1.11 bits per heavy atom. The molecule has 0 bridgehead atoms. The van der Waals surface area contributed by atoms with Gasteiger partial charge in [-0.25, -0.2) is 4.98 Å². The fourth-order valence-electron chi connectivity index (χ4n) is 1.81. The number of anilines is 2. The van der Waals surface area contributed by atoms with Crippen LogP contribution in [0, 0.1) is 0 Å². The average molecular weight is 335 g/mol. The van der Waals surface area contributed by atoms with Gasteiger partial charge in [-0.1, -0.05) is 29.8 Å². The molecule has 3 rings (SSSR count). The summed E-state index contributed by atoms with van der Waals surface area (Å²) in [5.74, 6) is 0. The maximum absolute atomic E-state index is 5.96. The minimum Gasteiger partial charge on any atom is -0.353 e. The summed E-state index contributed by atoms with van der Waals surface area (Å²) in [5.41, 5.74) is 2.73. The van der Waals surface area contributed by atoms with Crippen LogP contribution in [0.4, 0.5) is 11.4 Å². The number of hydrogen-bond donors (Lipinski definition) is 1. The number of aromatic nitrogens is 2. The van der Waals surface area contributed by atoms with Crippen molar-refractivity contribution in [3.05, 3.63) is 58.4 Å². The molecule has 1 aromatic carbocycles. The van der Waals surface area contributed by atoms with Crippen molar-refractivity contribution in [2.24, 2.45) is 0 Å². The summed E-state index contributed by atoms with van der Waals surface area (Å²) in [6, 6.07) is 11.9. The zero-order valence-corrected chi connectivity index (χ0v) is 12.1. The largest absolute Gasteiger partial charge is 0.353 e. The van der Waals surface area contributed by atoms with Gasteiger partial charge in [0.15, 0.2) is 0 Å². The van der Waals surface area contributed by atoms with E-state index in [-0.39, 0.29) is 0 Å². The van der Waals surface area contributed by atoms with Crippen LogP contribution in [0.3, 0.4) is 0 Å². The summed E-state index contributed by atoms with van der Waals surface area (Å²) < 4.78 is 0.741. The van der Waals surface area contributed by atoms with E-state index in [2.05, 4.69) is 31.2 Å². The SMILES string of the molecule is Clc1nccc(Nc2cnc3ccccc3c2)c1Br. The molecule has 1 N–H and O–H groups in total. The molecule has 0 spiro atoms. The van der Waals surface area contributed by atoms with Crippen molar-refractivity contribution in [1.82, 2.24) is 9.97 Å². The number of halogens is 2. The van der Waals surface area contributed by atoms with Gasteiger partial charge in [0.2, 0.25) is 0 Å². The summed E-state index contributed by atoms with van der Waals surface area (Å²) in [7, 11) is 0. The topological polar surface area (TPSA) is 37.8 Å². The molecule has 0 aliphatic rings. The molecular weight excluding hydrogens is 326 g/mol. The number of hydrogen-bond acceptors (Lipinski definition) is 3. The predicted octanol–water partition coefficient (Wildman–Crippen LogP) is 4.79. The molecule has 0 aliphatic carbocycles. The van der Waals surface area contributed by atoms with Gasteiger partial charge in [0.25, 0.3) is 0 Å². The van der Waals surface area contributed by atoms with Gasteiger partial charge < -0.3 is 5.32 Å². The van der Waals surface area contributed by atoms with Crippen LogP contribution in [0.25, 0.3) is 10.9 Å². The first-order chi connectivity index (χ1) is 9.24. The van der Waals surface area contributed by atoms with E-state index in [4.69, 9.17) is 11.6 Å². The number of benzene rings is 1. The molecule has 3 aromatic rings. The van der Waals surface area contributed by atoms with Crippen molar-refractivity contribution in [3.63, 3.8) is 0 Å². The Balaban J connectivity index is 1.99. The zero-order chi connectivity index (χ0) is 13.2. The molecule has 0 radical (unpaired) electrons. The van der Waals surface area contributed by atoms with E-state index in [0.717, 1.165) is 26.8 Å². The van der Waals surface area contributed by atoms with Crippen LogP contribution < -0.4 is 5.32 Å². The van der Waals surface area contributed by atoms with Crippen LogP contribution in [0.2, 0.25) is 5.15 Å². The third kappa shape index (κ3) is 2.55. The van der Waals surface area contributed by atoms with Gasteiger partial charge in [-0.15, -0.1) is 0 Å². The van der Waals surface area contributed by atoms with Crippen molar-refractivity contribution in [1.29, 1.82) is 0 Å². The van der Waals surface area contributed by atoms with E-state index in [1.807, 2.05) is 36.4 Å². The highest BCUT2D eigenvalue weighted by Crippen LogP contribution is 2.30. The molecule has 19 heavy (non-hydrogen) atoms. The second kappa shape index (κ2) is 5.15. The second-order valence-corrected chi connectivity index (χ2v) is 5.16. The molecule has 2 aromatic heterocycles. The molecule has 0 atom stereocenters. The Labute approximate surface area is 123 Å². The maximum Gasteiger partial charge on any atom is 0.145 e. The summed E-state index contributed by atoms with van der Waals surface area (Å²) >= 11 is 9.37. The molecule has 0 amide bonds. The predicted molar refractivity (Wildman–Crippen MR) is 82.0 cm³/mol. The van der Waals surface area contributed by atoms with Gasteiger partial charge >= 0.3 is 0 Å². The van der Waals surface area contributed by atoms with Crippen LogP contribution in [0.15, 0.2) is 53.3 Å². The first-order valence-electron chi connectivity index (χ1n) is 5.66. The number of nitrogens with one attached hydrogen (secondary N) is 1. The summed E-state index contributed by atoms with van der Waals surface area (Å²) in [6.45, 7) is 0. The van der Waals surface area contributed by atoms with Crippen molar-refractivity contribution in [3.8, 4) is 0 Å². The first-order valence-corrected chi connectivity index (χ1v) is 6.83.